The number of likely N-dealkylation sites (tertiary alicyclic amines) is 1. The Bertz CT molecular complexity index is 1220. The summed E-state index contributed by atoms with van der Waals surface area (Å²) in [5.74, 6) is -1.71. The van der Waals surface area contributed by atoms with E-state index in [9.17, 15) is 19.1 Å². The molecule has 0 saturated carbocycles. The van der Waals surface area contributed by atoms with Crippen molar-refractivity contribution in [3.63, 3.8) is 0 Å². The van der Waals surface area contributed by atoms with Gasteiger partial charge in [-0.05, 0) is 54.4 Å². The Labute approximate surface area is 196 Å². The summed E-state index contributed by atoms with van der Waals surface area (Å²) in [6, 6.07) is 13.3. The summed E-state index contributed by atoms with van der Waals surface area (Å²) in [6.07, 6.45) is 2.32. The summed E-state index contributed by atoms with van der Waals surface area (Å²) >= 11 is 0. The minimum Gasteiger partial charge on any atom is -0.507 e. The fourth-order valence-electron chi connectivity index (χ4n) is 3.90. The van der Waals surface area contributed by atoms with Gasteiger partial charge in [0.25, 0.3) is 11.7 Å². The molecule has 2 heterocycles. The van der Waals surface area contributed by atoms with Gasteiger partial charge in [-0.15, -0.1) is 0 Å². The number of carbonyl (C=O) groups is 2. The lowest BCUT2D eigenvalue weighted by Gasteiger charge is -2.24. The van der Waals surface area contributed by atoms with Crippen molar-refractivity contribution in [1.29, 1.82) is 0 Å². The van der Waals surface area contributed by atoms with Gasteiger partial charge in [0.15, 0.2) is 11.6 Å². The zero-order valence-corrected chi connectivity index (χ0v) is 18.8. The average Bonchev–Trinajstić information content (AvgIpc) is 3.45. The molecule has 1 aromatic heterocycles. The molecule has 34 heavy (non-hydrogen) atoms. The number of Topliss-reactive ketones (excluding diaryl/α,β-unsaturated/α-hetero) is 1. The molecule has 1 atom stereocenters. The second-order valence-corrected chi connectivity index (χ2v) is 7.77. The summed E-state index contributed by atoms with van der Waals surface area (Å²) in [5.41, 5.74) is 0.510. The largest absolute Gasteiger partial charge is 0.507 e. The van der Waals surface area contributed by atoms with Crippen molar-refractivity contribution in [3.05, 3.63) is 89.1 Å². The highest BCUT2D eigenvalue weighted by Gasteiger charge is 2.46. The summed E-state index contributed by atoms with van der Waals surface area (Å²) in [5, 5.41) is 11.1. The second-order valence-electron chi connectivity index (χ2n) is 7.77. The number of hydrogen-bond donors (Lipinski definition) is 1. The quantitative estimate of drug-likeness (QED) is 0.291. The van der Waals surface area contributed by atoms with Gasteiger partial charge >= 0.3 is 0 Å². The number of methoxy groups -OCH3 is 1. The third-order valence-corrected chi connectivity index (χ3v) is 5.54. The van der Waals surface area contributed by atoms with E-state index in [2.05, 4.69) is 0 Å². The van der Waals surface area contributed by atoms with Crippen LogP contribution in [0.1, 0.15) is 36.3 Å². The van der Waals surface area contributed by atoms with E-state index in [-0.39, 0.29) is 23.4 Å². The number of rotatable bonds is 8. The maximum atomic E-state index is 14.3. The average molecular weight is 465 g/mol. The topological polar surface area (TPSA) is 89.2 Å². The third-order valence-electron chi connectivity index (χ3n) is 5.54. The van der Waals surface area contributed by atoms with Crippen molar-refractivity contribution in [1.82, 2.24) is 4.90 Å². The normalized spacial score (nSPS) is 17.3. The number of ketones is 1. The van der Waals surface area contributed by atoms with Crippen LogP contribution in [0.5, 0.6) is 11.5 Å². The van der Waals surface area contributed by atoms with Gasteiger partial charge in [-0.1, -0.05) is 19.1 Å². The Hall–Kier alpha value is -4.07. The smallest absolute Gasteiger partial charge is 0.296 e. The molecule has 176 valence electrons. The first-order valence-electron chi connectivity index (χ1n) is 10.8. The molecule has 0 bridgehead atoms. The Balaban J connectivity index is 1.81. The predicted molar refractivity (Wildman–Crippen MR) is 122 cm³/mol. The van der Waals surface area contributed by atoms with E-state index in [0.717, 1.165) is 12.5 Å². The molecule has 1 aliphatic rings. The van der Waals surface area contributed by atoms with Gasteiger partial charge in [-0.2, -0.15) is 0 Å². The van der Waals surface area contributed by atoms with Crippen molar-refractivity contribution in [2.24, 2.45) is 0 Å². The van der Waals surface area contributed by atoms with E-state index < -0.39 is 29.3 Å². The molecule has 7 nitrogen and oxygen atoms in total. The lowest BCUT2D eigenvalue weighted by atomic mass is 9.95. The van der Waals surface area contributed by atoms with Crippen LogP contribution in [0.4, 0.5) is 4.39 Å². The SMILES string of the molecule is CCCOc1ccc(C2/C(=C(\O)c3ccc(OC)c(F)c3)C(=O)C(=O)N2Cc2ccco2)cc1. The predicted octanol–water partition coefficient (Wildman–Crippen LogP) is 4.84. The van der Waals surface area contributed by atoms with Crippen LogP contribution in [0.25, 0.3) is 5.76 Å². The van der Waals surface area contributed by atoms with Crippen LogP contribution in [-0.2, 0) is 16.1 Å². The fourth-order valence-corrected chi connectivity index (χ4v) is 3.90. The second kappa shape index (κ2) is 9.82. The minimum absolute atomic E-state index is 0.00552. The Morgan fingerprint density at radius 3 is 2.53 bits per heavy atom. The molecule has 2 aromatic carbocycles. The number of carbonyl (C=O) groups excluding carboxylic acids is 2. The van der Waals surface area contributed by atoms with Crippen molar-refractivity contribution in [2.45, 2.75) is 25.9 Å². The van der Waals surface area contributed by atoms with Crippen molar-refractivity contribution >= 4 is 17.4 Å². The number of ether oxygens (including phenoxy) is 2. The molecule has 1 amide bonds. The number of benzene rings is 2. The maximum absolute atomic E-state index is 14.3. The number of halogens is 1. The molecular weight excluding hydrogens is 441 g/mol. The van der Waals surface area contributed by atoms with Gasteiger partial charge in [0.1, 0.15) is 17.3 Å². The van der Waals surface area contributed by atoms with Crippen LogP contribution in [0.2, 0.25) is 0 Å². The molecular formula is C26H24FNO6. The zero-order chi connectivity index (χ0) is 24.2. The molecule has 4 rings (SSSR count). The summed E-state index contributed by atoms with van der Waals surface area (Å²) in [6.45, 7) is 2.57. The van der Waals surface area contributed by atoms with Crippen LogP contribution < -0.4 is 9.47 Å². The molecule has 1 fully saturated rings. The first kappa shape index (κ1) is 23.1. The number of aliphatic hydroxyl groups is 1. The lowest BCUT2D eigenvalue weighted by Crippen LogP contribution is -2.29. The van der Waals surface area contributed by atoms with Crippen LogP contribution in [0.3, 0.4) is 0 Å². The van der Waals surface area contributed by atoms with Gasteiger partial charge < -0.3 is 23.9 Å². The monoisotopic (exact) mass is 465 g/mol. The number of amides is 1. The van der Waals surface area contributed by atoms with E-state index in [1.807, 2.05) is 6.92 Å². The zero-order valence-electron chi connectivity index (χ0n) is 18.8. The molecule has 1 N–H and O–H groups in total. The molecule has 1 unspecified atom stereocenters. The third kappa shape index (κ3) is 4.39. The first-order valence-corrected chi connectivity index (χ1v) is 10.8. The highest BCUT2D eigenvalue weighted by Crippen LogP contribution is 2.41. The molecule has 0 spiro atoms. The highest BCUT2D eigenvalue weighted by molar-refractivity contribution is 6.46. The van der Waals surface area contributed by atoms with E-state index >= 15 is 0 Å². The summed E-state index contributed by atoms with van der Waals surface area (Å²) in [7, 11) is 1.33. The lowest BCUT2D eigenvalue weighted by molar-refractivity contribution is -0.140. The highest BCUT2D eigenvalue weighted by atomic mass is 19.1. The minimum atomic E-state index is -0.907. The summed E-state index contributed by atoms with van der Waals surface area (Å²) in [4.78, 5) is 27.4. The molecule has 0 radical (unpaired) electrons. The Morgan fingerprint density at radius 1 is 1.15 bits per heavy atom. The Kier molecular flexibility index (Phi) is 6.67. The number of hydrogen-bond acceptors (Lipinski definition) is 6. The number of aliphatic hydroxyl groups excluding tert-OH is 1. The molecule has 8 heteroatoms. The van der Waals surface area contributed by atoms with Crippen molar-refractivity contribution in [2.75, 3.05) is 13.7 Å². The molecule has 3 aromatic rings. The van der Waals surface area contributed by atoms with Gasteiger partial charge in [0, 0.05) is 5.56 Å². The van der Waals surface area contributed by atoms with E-state index in [0.29, 0.717) is 23.7 Å². The molecule has 1 aliphatic heterocycles. The van der Waals surface area contributed by atoms with Crippen LogP contribution >= 0.6 is 0 Å². The van der Waals surface area contributed by atoms with Crippen LogP contribution in [-0.4, -0.2) is 35.4 Å². The van der Waals surface area contributed by atoms with Gasteiger partial charge in [0.05, 0.1) is 38.1 Å². The first-order chi connectivity index (χ1) is 16.4. The maximum Gasteiger partial charge on any atom is 0.296 e. The van der Waals surface area contributed by atoms with E-state index in [4.69, 9.17) is 13.9 Å². The standard InChI is InChI=1S/C26H24FNO6/c1-3-12-33-18-9-6-16(7-10-18)23-22(24(29)17-8-11-21(32-2)20(27)14-17)25(30)26(31)28(23)15-19-5-4-13-34-19/h4-11,13-14,23,29H,3,12,15H2,1-2H3/b24-22+. The summed E-state index contributed by atoms with van der Waals surface area (Å²) < 4.78 is 30.3. The van der Waals surface area contributed by atoms with Crippen molar-refractivity contribution in [3.8, 4) is 11.5 Å². The Morgan fingerprint density at radius 2 is 1.91 bits per heavy atom. The molecule has 0 aliphatic carbocycles. The van der Waals surface area contributed by atoms with Gasteiger partial charge in [0.2, 0.25) is 0 Å². The number of nitrogens with zero attached hydrogens (tertiary/aromatic N) is 1. The van der Waals surface area contributed by atoms with E-state index in [1.165, 1.54) is 30.4 Å². The number of furan rings is 1. The van der Waals surface area contributed by atoms with Crippen LogP contribution in [0.15, 0.2) is 70.9 Å². The van der Waals surface area contributed by atoms with Gasteiger partial charge in [-0.3, -0.25) is 9.59 Å². The van der Waals surface area contributed by atoms with Gasteiger partial charge in [-0.25, -0.2) is 4.39 Å². The fraction of sp³-hybridized carbons (Fsp3) is 0.231. The van der Waals surface area contributed by atoms with Crippen molar-refractivity contribution < 1.29 is 33.0 Å². The molecule has 1 saturated heterocycles. The van der Waals surface area contributed by atoms with E-state index in [1.54, 1.807) is 36.4 Å². The van der Waals surface area contributed by atoms with Crippen LogP contribution in [0, 0.1) is 5.82 Å².